The van der Waals surface area contributed by atoms with Crippen molar-refractivity contribution in [2.45, 2.75) is 38.8 Å². The highest BCUT2D eigenvalue weighted by molar-refractivity contribution is 5.31. The Labute approximate surface area is 127 Å². The van der Waals surface area contributed by atoms with Crippen LogP contribution in [-0.4, -0.2) is 12.6 Å². The summed E-state index contributed by atoms with van der Waals surface area (Å²) in [4.78, 5) is 0. The van der Waals surface area contributed by atoms with E-state index in [1.807, 2.05) is 6.92 Å². The van der Waals surface area contributed by atoms with Gasteiger partial charge in [0.15, 0.2) is 0 Å². The summed E-state index contributed by atoms with van der Waals surface area (Å²) in [5, 5.41) is 3.69. The summed E-state index contributed by atoms with van der Waals surface area (Å²) in [6, 6.07) is 17.8. The fourth-order valence-corrected chi connectivity index (χ4v) is 3.00. The molecule has 1 atom stereocenters. The molecule has 0 spiro atoms. The molecule has 1 aliphatic rings. The zero-order valence-electron chi connectivity index (χ0n) is 12.6. The van der Waals surface area contributed by atoms with Gasteiger partial charge in [0.25, 0.3) is 0 Å². The molecule has 0 bridgehead atoms. The van der Waals surface area contributed by atoms with Gasteiger partial charge in [-0.15, -0.1) is 0 Å². The number of hydrogen-bond acceptors (Lipinski definition) is 2. The predicted octanol–water partition coefficient (Wildman–Crippen LogP) is 3.73. The number of ether oxygens (including phenoxy) is 1. The van der Waals surface area contributed by atoms with Crippen molar-refractivity contribution in [1.29, 1.82) is 0 Å². The van der Waals surface area contributed by atoms with Crippen molar-refractivity contribution < 1.29 is 4.74 Å². The summed E-state index contributed by atoms with van der Waals surface area (Å²) in [5.74, 6) is 0.952. The normalized spacial score (nSPS) is 17.3. The van der Waals surface area contributed by atoms with Crippen LogP contribution < -0.4 is 10.1 Å². The molecule has 110 valence electrons. The van der Waals surface area contributed by atoms with Gasteiger partial charge in [-0.25, -0.2) is 0 Å². The van der Waals surface area contributed by atoms with Gasteiger partial charge < -0.3 is 10.1 Å². The van der Waals surface area contributed by atoms with Crippen molar-refractivity contribution in [1.82, 2.24) is 5.32 Å². The SMILES string of the molecule is CCOc1ccc(CNC2CCc3ccccc3C2)cc1. The van der Waals surface area contributed by atoms with Gasteiger partial charge in [-0.2, -0.15) is 0 Å². The van der Waals surface area contributed by atoms with E-state index in [1.54, 1.807) is 0 Å². The number of hydrogen-bond donors (Lipinski definition) is 1. The van der Waals surface area contributed by atoms with Crippen LogP contribution in [0, 0.1) is 0 Å². The average molecular weight is 281 g/mol. The summed E-state index contributed by atoms with van der Waals surface area (Å²) in [5.41, 5.74) is 4.35. The lowest BCUT2D eigenvalue weighted by molar-refractivity contribution is 0.340. The summed E-state index contributed by atoms with van der Waals surface area (Å²) in [6.07, 6.45) is 3.57. The van der Waals surface area contributed by atoms with E-state index in [1.165, 1.54) is 29.5 Å². The first-order valence-corrected chi connectivity index (χ1v) is 7.87. The maximum atomic E-state index is 5.47. The van der Waals surface area contributed by atoms with Gasteiger partial charge in [0, 0.05) is 12.6 Å². The van der Waals surface area contributed by atoms with Crippen molar-refractivity contribution in [2.24, 2.45) is 0 Å². The Hall–Kier alpha value is -1.80. The third-order valence-electron chi connectivity index (χ3n) is 4.18. The fourth-order valence-electron chi connectivity index (χ4n) is 3.00. The van der Waals surface area contributed by atoms with Gasteiger partial charge in [-0.05, 0) is 55.0 Å². The van der Waals surface area contributed by atoms with E-state index in [2.05, 4.69) is 53.8 Å². The molecule has 21 heavy (non-hydrogen) atoms. The smallest absolute Gasteiger partial charge is 0.119 e. The molecule has 0 saturated heterocycles. The Kier molecular flexibility index (Phi) is 4.56. The molecule has 0 saturated carbocycles. The highest BCUT2D eigenvalue weighted by Gasteiger charge is 2.17. The number of nitrogens with one attached hydrogen (secondary N) is 1. The molecule has 0 aromatic heterocycles. The monoisotopic (exact) mass is 281 g/mol. The molecule has 2 aromatic rings. The average Bonchev–Trinajstić information content (AvgIpc) is 2.54. The molecule has 0 aliphatic heterocycles. The van der Waals surface area contributed by atoms with Gasteiger partial charge in [-0.1, -0.05) is 36.4 Å². The summed E-state index contributed by atoms with van der Waals surface area (Å²) in [7, 11) is 0. The maximum absolute atomic E-state index is 5.47. The molecule has 2 heteroatoms. The largest absolute Gasteiger partial charge is 0.494 e. The molecule has 0 radical (unpaired) electrons. The molecule has 3 rings (SSSR count). The standard InChI is InChI=1S/C19H23NO/c1-2-21-19-11-7-15(8-12-19)14-20-18-10-9-16-5-3-4-6-17(16)13-18/h3-8,11-12,18,20H,2,9-10,13-14H2,1H3. The highest BCUT2D eigenvalue weighted by Crippen LogP contribution is 2.21. The van der Waals surface area contributed by atoms with Crippen molar-refractivity contribution in [2.75, 3.05) is 6.61 Å². The molecular formula is C19H23NO. The lowest BCUT2D eigenvalue weighted by atomic mass is 9.88. The molecule has 0 fully saturated rings. The summed E-state index contributed by atoms with van der Waals surface area (Å²) in [6.45, 7) is 3.66. The van der Waals surface area contributed by atoms with Crippen molar-refractivity contribution in [3.8, 4) is 5.75 Å². The number of aryl methyl sites for hydroxylation is 1. The minimum absolute atomic E-state index is 0.589. The Balaban J connectivity index is 1.54. The quantitative estimate of drug-likeness (QED) is 0.901. The van der Waals surface area contributed by atoms with Crippen molar-refractivity contribution in [3.63, 3.8) is 0 Å². The molecule has 1 N–H and O–H groups in total. The van der Waals surface area contributed by atoms with E-state index in [4.69, 9.17) is 4.74 Å². The van der Waals surface area contributed by atoms with Crippen LogP contribution in [0.5, 0.6) is 5.75 Å². The van der Waals surface area contributed by atoms with Crippen LogP contribution in [-0.2, 0) is 19.4 Å². The topological polar surface area (TPSA) is 21.3 Å². The molecule has 2 aromatic carbocycles. The van der Waals surface area contributed by atoms with E-state index < -0.39 is 0 Å². The first kappa shape index (κ1) is 14.2. The first-order chi connectivity index (χ1) is 10.3. The first-order valence-electron chi connectivity index (χ1n) is 7.87. The maximum Gasteiger partial charge on any atom is 0.119 e. The Morgan fingerprint density at radius 1 is 1.05 bits per heavy atom. The van der Waals surface area contributed by atoms with E-state index in [9.17, 15) is 0 Å². The van der Waals surface area contributed by atoms with E-state index >= 15 is 0 Å². The minimum Gasteiger partial charge on any atom is -0.494 e. The second-order valence-electron chi connectivity index (χ2n) is 5.67. The van der Waals surface area contributed by atoms with E-state index in [-0.39, 0.29) is 0 Å². The van der Waals surface area contributed by atoms with Crippen molar-refractivity contribution in [3.05, 3.63) is 65.2 Å². The zero-order valence-corrected chi connectivity index (χ0v) is 12.6. The van der Waals surface area contributed by atoms with Crippen LogP contribution >= 0.6 is 0 Å². The molecule has 0 amide bonds. The lowest BCUT2D eigenvalue weighted by Gasteiger charge is -2.25. The second kappa shape index (κ2) is 6.77. The van der Waals surface area contributed by atoms with Gasteiger partial charge in [0.2, 0.25) is 0 Å². The van der Waals surface area contributed by atoms with Crippen LogP contribution in [0.2, 0.25) is 0 Å². The van der Waals surface area contributed by atoms with E-state index in [0.717, 1.165) is 25.3 Å². The fraction of sp³-hybridized carbons (Fsp3) is 0.368. The molecular weight excluding hydrogens is 258 g/mol. The van der Waals surface area contributed by atoms with Crippen molar-refractivity contribution >= 4 is 0 Å². The molecule has 1 unspecified atom stereocenters. The second-order valence-corrected chi connectivity index (χ2v) is 5.67. The number of benzene rings is 2. The van der Waals surface area contributed by atoms with Gasteiger partial charge in [0.1, 0.15) is 5.75 Å². The number of fused-ring (bicyclic) bond motifs is 1. The molecule has 0 heterocycles. The third-order valence-corrected chi connectivity index (χ3v) is 4.18. The summed E-state index contributed by atoms with van der Waals surface area (Å²) < 4.78 is 5.47. The van der Waals surface area contributed by atoms with Crippen LogP contribution in [0.4, 0.5) is 0 Å². The summed E-state index contributed by atoms with van der Waals surface area (Å²) >= 11 is 0. The van der Waals surface area contributed by atoms with Gasteiger partial charge in [-0.3, -0.25) is 0 Å². The number of rotatable bonds is 5. The van der Waals surface area contributed by atoms with Crippen LogP contribution in [0.1, 0.15) is 30.0 Å². The van der Waals surface area contributed by atoms with E-state index in [0.29, 0.717) is 6.04 Å². The lowest BCUT2D eigenvalue weighted by Crippen LogP contribution is -2.34. The van der Waals surface area contributed by atoms with Crippen LogP contribution in [0.15, 0.2) is 48.5 Å². The highest BCUT2D eigenvalue weighted by atomic mass is 16.5. The predicted molar refractivity (Wildman–Crippen MR) is 86.7 cm³/mol. The zero-order chi connectivity index (χ0) is 14.5. The van der Waals surface area contributed by atoms with Gasteiger partial charge in [0.05, 0.1) is 6.61 Å². The Morgan fingerprint density at radius 3 is 2.57 bits per heavy atom. The Bertz CT molecular complexity index is 576. The van der Waals surface area contributed by atoms with Crippen LogP contribution in [0.25, 0.3) is 0 Å². The van der Waals surface area contributed by atoms with Gasteiger partial charge >= 0.3 is 0 Å². The minimum atomic E-state index is 0.589. The Morgan fingerprint density at radius 2 is 1.81 bits per heavy atom. The van der Waals surface area contributed by atoms with Crippen LogP contribution in [0.3, 0.4) is 0 Å². The molecule has 1 aliphatic carbocycles. The molecule has 2 nitrogen and oxygen atoms in total. The third kappa shape index (κ3) is 3.64.